The SMILES string of the molecule is CC(C)c1ccc(OCc2ccc(C(=O)N3N=C(C(F)F)C[C@]3(O)C(F)F)cc2)cc1. The molecule has 2 aromatic carbocycles. The van der Waals surface area contributed by atoms with Crippen LogP contribution in [0.5, 0.6) is 5.75 Å². The highest BCUT2D eigenvalue weighted by molar-refractivity contribution is 5.99. The molecule has 1 aliphatic heterocycles. The van der Waals surface area contributed by atoms with Gasteiger partial charge in [-0.15, -0.1) is 0 Å². The first-order chi connectivity index (χ1) is 14.6. The van der Waals surface area contributed by atoms with E-state index in [4.69, 9.17) is 4.74 Å². The maximum Gasteiger partial charge on any atom is 0.287 e. The average Bonchev–Trinajstić information content (AvgIpc) is 3.12. The molecule has 0 fully saturated rings. The van der Waals surface area contributed by atoms with Gasteiger partial charge in [-0.3, -0.25) is 4.79 Å². The van der Waals surface area contributed by atoms with Crippen LogP contribution >= 0.6 is 0 Å². The van der Waals surface area contributed by atoms with Crippen molar-refractivity contribution in [3.05, 3.63) is 65.2 Å². The van der Waals surface area contributed by atoms with E-state index in [0.717, 1.165) is 0 Å². The molecule has 2 aromatic rings. The standard InChI is InChI=1S/C22H22F4N2O3/c1-13(2)15-7-9-17(10-8-15)31-12-14-3-5-16(6-4-14)20(29)28-22(30,21(25)26)11-18(27-28)19(23)24/h3-10,13,19,21,30H,11-12H2,1-2H3/t22-/m0/s1. The van der Waals surface area contributed by atoms with Crippen molar-refractivity contribution in [1.29, 1.82) is 0 Å². The Balaban J connectivity index is 1.69. The second-order valence-corrected chi connectivity index (χ2v) is 7.57. The molecule has 0 unspecified atom stereocenters. The van der Waals surface area contributed by atoms with E-state index in [-0.39, 0.29) is 17.2 Å². The Morgan fingerprint density at radius 1 is 1.10 bits per heavy atom. The monoisotopic (exact) mass is 438 g/mol. The fourth-order valence-corrected chi connectivity index (χ4v) is 3.08. The average molecular weight is 438 g/mol. The van der Waals surface area contributed by atoms with E-state index >= 15 is 0 Å². The highest BCUT2D eigenvalue weighted by Gasteiger charge is 2.53. The normalized spacial score (nSPS) is 18.8. The lowest BCUT2D eigenvalue weighted by Crippen LogP contribution is -2.51. The minimum Gasteiger partial charge on any atom is -0.489 e. The van der Waals surface area contributed by atoms with Crippen LogP contribution in [-0.2, 0) is 6.61 Å². The Morgan fingerprint density at radius 3 is 2.23 bits per heavy atom. The molecule has 0 saturated heterocycles. The number of hydrogen-bond donors (Lipinski definition) is 1. The predicted octanol–water partition coefficient (Wildman–Crippen LogP) is 4.81. The molecule has 9 heteroatoms. The number of alkyl halides is 4. The van der Waals surface area contributed by atoms with E-state index in [9.17, 15) is 27.5 Å². The Hall–Kier alpha value is -2.94. The van der Waals surface area contributed by atoms with Crippen molar-refractivity contribution in [3.8, 4) is 5.75 Å². The van der Waals surface area contributed by atoms with Crippen molar-refractivity contribution in [2.75, 3.05) is 0 Å². The van der Waals surface area contributed by atoms with Crippen LogP contribution in [0.15, 0.2) is 53.6 Å². The number of carbonyl (C=O) groups is 1. The first-order valence-electron chi connectivity index (χ1n) is 9.64. The van der Waals surface area contributed by atoms with Gasteiger partial charge in [-0.2, -0.15) is 10.1 Å². The Labute approximate surface area is 176 Å². The van der Waals surface area contributed by atoms with Gasteiger partial charge in [-0.25, -0.2) is 17.6 Å². The van der Waals surface area contributed by atoms with Gasteiger partial charge in [-0.05, 0) is 41.3 Å². The summed E-state index contributed by atoms with van der Waals surface area (Å²) in [5.74, 6) is -0.0359. The van der Waals surface area contributed by atoms with E-state index in [0.29, 0.717) is 17.2 Å². The first kappa shape index (κ1) is 22.7. The molecular formula is C22H22F4N2O3. The molecule has 0 saturated carbocycles. The van der Waals surface area contributed by atoms with Crippen LogP contribution in [0.1, 0.15) is 47.7 Å². The molecule has 1 N–H and O–H groups in total. The number of hydrazone groups is 1. The minimum absolute atomic E-state index is 0.0426. The van der Waals surface area contributed by atoms with Gasteiger partial charge in [0.1, 0.15) is 18.1 Å². The maximum absolute atomic E-state index is 13.3. The zero-order valence-electron chi connectivity index (χ0n) is 16.9. The van der Waals surface area contributed by atoms with Crippen molar-refractivity contribution in [2.24, 2.45) is 5.10 Å². The van der Waals surface area contributed by atoms with Crippen LogP contribution in [-0.4, -0.2) is 40.3 Å². The molecule has 1 amide bonds. The smallest absolute Gasteiger partial charge is 0.287 e. The van der Waals surface area contributed by atoms with E-state index < -0.39 is 36.6 Å². The summed E-state index contributed by atoms with van der Waals surface area (Å²) < 4.78 is 58.1. The highest BCUT2D eigenvalue weighted by Crippen LogP contribution is 2.34. The number of ether oxygens (including phenoxy) is 1. The second-order valence-electron chi connectivity index (χ2n) is 7.57. The lowest BCUT2D eigenvalue weighted by molar-refractivity contribution is -0.164. The van der Waals surface area contributed by atoms with Gasteiger partial charge < -0.3 is 9.84 Å². The molecule has 0 aliphatic carbocycles. The van der Waals surface area contributed by atoms with Crippen molar-refractivity contribution < 1.29 is 32.2 Å². The molecular weight excluding hydrogens is 416 g/mol. The highest BCUT2D eigenvalue weighted by atomic mass is 19.3. The molecule has 1 aliphatic rings. The molecule has 31 heavy (non-hydrogen) atoms. The van der Waals surface area contributed by atoms with E-state index in [1.807, 2.05) is 24.3 Å². The Bertz CT molecular complexity index is 946. The van der Waals surface area contributed by atoms with E-state index in [1.54, 1.807) is 12.1 Å². The zero-order valence-corrected chi connectivity index (χ0v) is 16.9. The number of halogens is 4. The summed E-state index contributed by atoms with van der Waals surface area (Å²) in [6, 6.07) is 13.4. The summed E-state index contributed by atoms with van der Waals surface area (Å²) in [7, 11) is 0. The van der Waals surface area contributed by atoms with Gasteiger partial charge in [0.25, 0.3) is 18.8 Å². The van der Waals surface area contributed by atoms with Crippen molar-refractivity contribution in [3.63, 3.8) is 0 Å². The predicted molar refractivity (Wildman–Crippen MR) is 106 cm³/mol. The Morgan fingerprint density at radius 2 is 1.71 bits per heavy atom. The fourth-order valence-electron chi connectivity index (χ4n) is 3.08. The summed E-state index contributed by atoms with van der Waals surface area (Å²) in [5.41, 5.74) is -2.27. The van der Waals surface area contributed by atoms with Gasteiger partial charge in [0.2, 0.25) is 5.72 Å². The van der Waals surface area contributed by atoms with Gasteiger partial charge in [0.15, 0.2) is 0 Å². The molecule has 0 aromatic heterocycles. The summed E-state index contributed by atoms with van der Waals surface area (Å²) in [4.78, 5) is 12.6. The maximum atomic E-state index is 13.3. The van der Waals surface area contributed by atoms with Crippen LogP contribution in [0.4, 0.5) is 17.6 Å². The van der Waals surface area contributed by atoms with E-state index in [2.05, 4.69) is 18.9 Å². The number of nitrogens with zero attached hydrogens (tertiary/aromatic N) is 2. The first-order valence-corrected chi connectivity index (χ1v) is 9.64. The molecule has 3 rings (SSSR count). The van der Waals surface area contributed by atoms with Crippen molar-refractivity contribution in [2.45, 2.75) is 51.4 Å². The van der Waals surface area contributed by atoms with Crippen LogP contribution in [0, 0.1) is 0 Å². The molecule has 0 spiro atoms. The quantitative estimate of drug-likeness (QED) is 0.631. The van der Waals surface area contributed by atoms with Crippen molar-refractivity contribution in [1.82, 2.24) is 5.01 Å². The lowest BCUT2D eigenvalue weighted by Gasteiger charge is -2.30. The third-order valence-corrected chi connectivity index (χ3v) is 4.98. The summed E-state index contributed by atoms with van der Waals surface area (Å²) in [6.07, 6.45) is -7.74. The van der Waals surface area contributed by atoms with Gasteiger partial charge in [0, 0.05) is 12.0 Å². The Kier molecular flexibility index (Phi) is 6.64. The molecule has 1 atom stereocenters. The number of aliphatic hydroxyl groups is 1. The molecule has 1 heterocycles. The number of carbonyl (C=O) groups excluding carboxylic acids is 1. The summed E-state index contributed by atoms with van der Waals surface area (Å²) in [5, 5.41) is 13.4. The number of amides is 1. The lowest BCUT2D eigenvalue weighted by atomic mass is 10.0. The molecule has 0 radical (unpaired) electrons. The fraction of sp³-hybridized carbons (Fsp3) is 0.364. The van der Waals surface area contributed by atoms with E-state index in [1.165, 1.54) is 17.7 Å². The van der Waals surface area contributed by atoms with Gasteiger partial charge >= 0.3 is 0 Å². The molecule has 5 nitrogen and oxygen atoms in total. The third kappa shape index (κ3) is 4.87. The number of rotatable bonds is 7. The third-order valence-electron chi connectivity index (χ3n) is 4.98. The zero-order chi connectivity index (χ0) is 22.8. The molecule has 166 valence electrons. The van der Waals surface area contributed by atoms with Crippen LogP contribution in [0.25, 0.3) is 0 Å². The largest absolute Gasteiger partial charge is 0.489 e. The van der Waals surface area contributed by atoms with Crippen molar-refractivity contribution >= 4 is 11.6 Å². The van der Waals surface area contributed by atoms with Gasteiger partial charge in [-0.1, -0.05) is 38.1 Å². The summed E-state index contributed by atoms with van der Waals surface area (Å²) >= 11 is 0. The van der Waals surface area contributed by atoms with Crippen LogP contribution in [0.2, 0.25) is 0 Å². The second kappa shape index (κ2) is 9.05. The number of hydrogen-bond acceptors (Lipinski definition) is 4. The van der Waals surface area contributed by atoms with Gasteiger partial charge in [0.05, 0.1) is 0 Å². The number of benzene rings is 2. The minimum atomic E-state index is -3.47. The topological polar surface area (TPSA) is 62.1 Å². The van der Waals surface area contributed by atoms with Crippen LogP contribution in [0.3, 0.4) is 0 Å². The van der Waals surface area contributed by atoms with Crippen LogP contribution < -0.4 is 4.74 Å². The molecule has 0 bridgehead atoms. The summed E-state index contributed by atoms with van der Waals surface area (Å²) in [6.45, 7) is 4.37.